The third kappa shape index (κ3) is 5.89. The molecule has 31 heavy (non-hydrogen) atoms. The molecule has 0 aliphatic rings. The largest absolute Gasteiger partial charge is 0.490 e. The van der Waals surface area contributed by atoms with Gasteiger partial charge in [-0.1, -0.05) is 29.8 Å². The molecule has 0 fully saturated rings. The van der Waals surface area contributed by atoms with Gasteiger partial charge in [0.2, 0.25) is 0 Å². The molecule has 0 amide bonds. The van der Waals surface area contributed by atoms with Crippen molar-refractivity contribution in [2.24, 2.45) is 0 Å². The Morgan fingerprint density at radius 2 is 1.81 bits per heavy atom. The monoisotopic (exact) mass is 443 g/mol. The Labute approximate surface area is 185 Å². The summed E-state index contributed by atoms with van der Waals surface area (Å²) in [7, 11) is 0. The molecular weight excluding hydrogens is 421 g/mol. The van der Waals surface area contributed by atoms with E-state index in [1.165, 1.54) is 12.1 Å². The summed E-state index contributed by atoms with van der Waals surface area (Å²) in [5.74, 6) is -0.365. The van der Waals surface area contributed by atoms with Crippen LogP contribution in [0.1, 0.15) is 34.0 Å². The molecule has 0 saturated carbocycles. The first-order valence-corrected chi connectivity index (χ1v) is 10.2. The number of aryl methyl sites for hydroxylation is 1. The molecule has 0 unspecified atom stereocenters. The summed E-state index contributed by atoms with van der Waals surface area (Å²) in [6.45, 7) is 4.84. The van der Waals surface area contributed by atoms with Gasteiger partial charge in [0.1, 0.15) is 12.4 Å². The van der Waals surface area contributed by atoms with Gasteiger partial charge in [0.15, 0.2) is 11.5 Å². The number of hydrogen-bond acceptors (Lipinski definition) is 4. The predicted molar refractivity (Wildman–Crippen MR) is 119 cm³/mol. The zero-order valence-electron chi connectivity index (χ0n) is 17.2. The van der Waals surface area contributed by atoms with Crippen molar-refractivity contribution in [1.82, 2.24) is 0 Å². The van der Waals surface area contributed by atoms with Crippen molar-refractivity contribution >= 4 is 23.3 Å². The molecule has 0 aromatic heterocycles. The molecule has 0 bridgehead atoms. The predicted octanol–water partition coefficient (Wildman–Crippen LogP) is 6.08. The summed E-state index contributed by atoms with van der Waals surface area (Å²) in [6, 6.07) is 14.6. The number of hydrogen-bond donors (Lipinski definition) is 2. The number of carbonyl (C=O) groups is 1. The first-order valence-electron chi connectivity index (χ1n) is 9.77. The topological polar surface area (TPSA) is 67.8 Å². The Hall–Kier alpha value is -3.25. The summed E-state index contributed by atoms with van der Waals surface area (Å²) < 4.78 is 24.7. The van der Waals surface area contributed by atoms with E-state index in [0.29, 0.717) is 29.7 Å². The van der Waals surface area contributed by atoms with Gasteiger partial charge < -0.3 is 19.9 Å². The van der Waals surface area contributed by atoms with Crippen LogP contribution >= 0.6 is 11.6 Å². The molecule has 0 radical (unpaired) electrons. The van der Waals surface area contributed by atoms with Crippen LogP contribution in [0, 0.1) is 12.7 Å². The van der Waals surface area contributed by atoms with Gasteiger partial charge in [0.25, 0.3) is 0 Å². The molecule has 0 atom stereocenters. The van der Waals surface area contributed by atoms with Crippen LogP contribution in [0.25, 0.3) is 0 Å². The summed E-state index contributed by atoms with van der Waals surface area (Å²) in [5.41, 5.74) is 3.53. The summed E-state index contributed by atoms with van der Waals surface area (Å²) in [5, 5.41) is 12.8. The van der Waals surface area contributed by atoms with Crippen molar-refractivity contribution < 1.29 is 23.8 Å². The molecule has 2 N–H and O–H groups in total. The van der Waals surface area contributed by atoms with Gasteiger partial charge in [-0.15, -0.1) is 0 Å². The first-order chi connectivity index (χ1) is 14.9. The van der Waals surface area contributed by atoms with E-state index in [1.807, 2.05) is 19.9 Å². The van der Waals surface area contributed by atoms with Gasteiger partial charge >= 0.3 is 5.97 Å². The van der Waals surface area contributed by atoms with Crippen molar-refractivity contribution in [2.45, 2.75) is 27.0 Å². The van der Waals surface area contributed by atoms with Crippen LogP contribution in [-0.4, -0.2) is 17.7 Å². The van der Waals surface area contributed by atoms with Crippen LogP contribution in [0.4, 0.5) is 10.1 Å². The highest BCUT2D eigenvalue weighted by atomic mass is 35.5. The second-order valence-corrected chi connectivity index (χ2v) is 7.35. The fourth-order valence-electron chi connectivity index (χ4n) is 3.01. The van der Waals surface area contributed by atoms with Gasteiger partial charge in [-0.25, -0.2) is 9.18 Å². The highest BCUT2D eigenvalue weighted by Gasteiger charge is 2.14. The van der Waals surface area contributed by atoms with Crippen LogP contribution in [0.3, 0.4) is 0 Å². The summed E-state index contributed by atoms with van der Waals surface area (Å²) in [6.07, 6.45) is 0. The van der Waals surface area contributed by atoms with E-state index in [0.717, 1.165) is 22.4 Å². The lowest BCUT2D eigenvalue weighted by molar-refractivity contribution is 0.0697. The second-order valence-electron chi connectivity index (χ2n) is 6.94. The number of nitrogens with one attached hydrogen (secondary N) is 1. The van der Waals surface area contributed by atoms with Crippen molar-refractivity contribution in [3.05, 3.63) is 87.7 Å². The van der Waals surface area contributed by atoms with Gasteiger partial charge in [0, 0.05) is 12.2 Å². The molecule has 5 nitrogen and oxygen atoms in total. The minimum Gasteiger partial charge on any atom is -0.490 e. The lowest BCUT2D eigenvalue weighted by Gasteiger charge is -2.16. The van der Waals surface area contributed by atoms with E-state index in [9.17, 15) is 14.3 Å². The highest BCUT2D eigenvalue weighted by Crippen LogP contribution is 2.37. The maximum Gasteiger partial charge on any atom is 0.335 e. The maximum absolute atomic E-state index is 13.1. The molecule has 0 aliphatic heterocycles. The number of carboxylic acids is 1. The third-order valence-electron chi connectivity index (χ3n) is 4.63. The van der Waals surface area contributed by atoms with E-state index >= 15 is 0 Å². The SMILES string of the molecule is CCOc1cc(CNc2cc(C(=O)O)ccc2C)cc(Cl)c1OCc1ccc(F)cc1. The molecule has 162 valence electrons. The molecule has 0 aliphatic carbocycles. The zero-order valence-corrected chi connectivity index (χ0v) is 18.0. The fraction of sp³-hybridized carbons (Fsp3) is 0.208. The van der Waals surface area contributed by atoms with Crippen molar-refractivity contribution in [3.63, 3.8) is 0 Å². The number of benzene rings is 3. The molecule has 3 rings (SSSR count). The third-order valence-corrected chi connectivity index (χ3v) is 4.91. The molecule has 0 saturated heterocycles. The lowest BCUT2D eigenvalue weighted by Crippen LogP contribution is -2.06. The molecule has 0 spiro atoms. The number of carboxylic acid groups (broad SMARTS) is 1. The Morgan fingerprint density at radius 1 is 1.06 bits per heavy atom. The fourth-order valence-corrected chi connectivity index (χ4v) is 3.29. The first kappa shape index (κ1) is 22.4. The molecular formula is C24H23ClFNO4. The van der Waals surface area contributed by atoms with Gasteiger partial charge in [-0.05, 0) is 66.9 Å². The van der Waals surface area contributed by atoms with Crippen LogP contribution in [0.15, 0.2) is 54.6 Å². The Kier molecular flexibility index (Phi) is 7.36. The van der Waals surface area contributed by atoms with Crippen LogP contribution in [0.5, 0.6) is 11.5 Å². The Morgan fingerprint density at radius 3 is 2.48 bits per heavy atom. The second kappa shape index (κ2) is 10.2. The van der Waals surface area contributed by atoms with E-state index < -0.39 is 5.97 Å². The Balaban J connectivity index is 1.77. The van der Waals surface area contributed by atoms with E-state index in [4.69, 9.17) is 21.1 Å². The van der Waals surface area contributed by atoms with E-state index in [2.05, 4.69) is 5.32 Å². The molecule has 0 heterocycles. The van der Waals surface area contributed by atoms with Gasteiger partial charge in [-0.3, -0.25) is 0 Å². The number of anilines is 1. The highest BCUT2D eigenvalue weighted by molar-refractivity contribution is 6.32. The van der Waals surface area contributed by atoms with E-state index in [-0.39, 0.29) is 18.0 Å². The van der Waals surface area contributed by atoms with Crippen LogP contribution < -0.4 is 14.8 Å². The zero-order chi connectivity index (χ0) is 22.4. The minimum atomic E-state index is -0.979. The standard InChI is InChI=1S/C24H23ClFNO4/c1-3-30-22-11-17(13-27-21-12-18(24(28)29)7-4-15(21)2)10-20(25)23(22)31-14-16-5-8-19(26)9-6-16/h4-12,27H,3,13-14H2,1-2H3,(H,28,29). The average Bonchev–Trinajstić information content (AvgIpc) is 2.74. The van der Waals surface area contributed by atoms with Crippen molar-refractivity contribution in [3.8, 4) is 11.5 Å². The quantitative estimate of drug-likeness (QED) is 0.419. The average molecular weight is 444 g/mol. The van der Waals surface area contributed by atoms with Gasteiger partial charge in [-0.2, -0.15) is 0 Å². The van der Waals surface area contributed by atoms with E-state index in [1.54, 1.807) is 36.4 Å². The number of rotatable bonds is 9. The smallest absolute Gasteiger partial charge is 0.335 e. The van der Waals surface area contributed by atoms with Gasteiger partial charge in [0.05, 0.1) is 17.2 Å². The molecule has 3 aromatic rings. The number of halogens is 2. The van der Waals surface area contributed by atoms with Crippen molar-refractivity contribution in [1.29, 1.82) is 0 Å². The number of aromatic carboxylic acids is 1. The molecule has 7 heteroatoms. The normalized spacial score (nSPS) is 10.6. The van der Waals surface area contributed by atoms with Crippen LogP contribution in [-0.2, 0) is 13.2 Å². The number of ether oxygens (including phenoxy) is 2. The van der Waals surface area contributed by atoms with Crippen molar-refractivity contribution in [2.75, 3.05) is 11.9 Å². The summed E-state index contributed by atoms with van der Waals surface area (Å²) in [4.78, 5) is 11.2. The summed E-state index contributed by atoms with van der Waals surface area (Å²) >= 11 is 6.47. The Bertz CT molecular complexity index is 1070. The van der Waals surface area contributed by atoms with Crippen LogP contribution in [0.2, 0.25) is 5.02 Å². The lowest BCUT2D eigenvalue weighted by atomic mass is 10.1. The maximum atomic E-state index is 13.1. The molecule has 3 aromatic carbocycles. The minimum absolute atomic E-state index is 0.214.